The molecule has 2 saturated heterocycles. The first-order valence-corrected chi connectivity index (χ1v) is 8.14. The van der Waals surface area contributed by atoms with Gasteiger partial charge in [0.1, 0.15) is 0 Å². The van der Waals surface area contributed by atoms with Crippen LogP contribution in [0.3, 0.4) is 0 Å². The second-order valence-corrected chi connectivity index (χ2v) is 6.60. The predicted molar refractivity (Wildman–Crippen MR) is 80.5 cm³/mol. The van der Waals surface area contributed by atoms with Crippen molar-refractivity contribution in [3.05, 3.63) is 10.6 Å². The Morgan fingerprint density at radius 3 is 2.85 bits per heavy atom. The van der Waals surface area contributed by atoms with Gasteiger partial charge in [0.2, 0.25) is 0 Å². The molecule has 1 aromatic heterocycles. The lowest BCUT2D eigenvalue weighted by atomic mass is 10.2. The summed E-state index contributed by atoms with van der Waals surface area (Å²) in [6.07, 6.45) is 3.25. The van der Waals surface area contributed by atoms with Crippen LogP contribution < -0.4 is 10.2 Å². The number of ether oxygens (including phenoxy) is 2. The Balaban J connectivity index is 1.60. The third kappa shape index (κ3) is 3.14. The minimum atomic E-state index is 0.418. The maximum absolute atomic E-state index is 5.89. The summed E-state index contributed by atoms with van der Waals surface area (Å²) in [5.41, 5.74) is 1.15. The molecule has 2 bridgehead atoms. The number of hydrogen-bond donors (Lipinski definition) is 1. The summed E-state index contributed by atoms with van der Waals surface area (Å²) in [6.45, 7) is 6.61. The first-order valence-electron chi connectivity index (χ1n) is 7.32. The number of hydrogen-bond acceptors (Lipinski definition) is 6. The number of thiazole rings is 1. The van der Waals surface area contributed by atoms with Crippen molar-refractivity contribution in [3.63, 3.8) is 0 Å². The Bertz CT molecular complexity index is 440. The zero-order valence-electron chi connectivity index (χ0n) is 12.2. The average molecular weight is 297 g/mol. The van der Waals surface area contributed by atoms with E-state index in [2.05, 4.69) is 17.1 Å². The van der Waals surface area contributed by atoms with Crippen LogP contribution in [-0.4, -0.2) is 50.5 Å². The molecule has 0 saturated carbocycles. The van der Waals surface area contributed by atoms with Crippen LogP contribution >= 0.6 is 11.3 Å². The zero-order valence-corrected chi connectivity index (χ0v) is 13.0. The maximum Gasteiger partial charge on any atom is 0.185 e. The number of methoxy groups -OCH3 is 1. The quantitative estimate of drug-likeness (QED) is 0.807. The molecule has 0 aliphatic carbocycles. The Morgan fingerprint density at radius 2 is 2.15 bits per heavy atom. The van der Waals surface area contributed by atoms with E-state index >= 15 is 0 Å². The molecule has 1 N–H and O–H groups in total. The summed E-state index contributed by atoms with van der Waals surface area (Å²) in [6, 6.07) is 0. The van der Waals surface area contributed by atoms with Crippen LogP contribution in [0.4, 0.5) is 5.13 Å². The zero-order chi connectivity index (χ0) is 13.9. The summed E-state index contributed by atoms with van der Waals surface area (Å²) in [5.74, 6) is 0. The van der Waals surface area contributed by atoms with Crippen LogP contribution in [0.1, 0.15) is 23.4 Å². The number of rotatable bonds is 6. The summed E-state index contributed by atoms with van der Waals surface area (Å²) in [7, 11) is 1.73. The largest absolute Gasteiger partial charge is 0.383 e. The van der Waals surface area contributed by atoms with Crippen LogP contribution in [0, 0.1) is 6.92 Å². The van der Waals surface area contributed by atoms with E-state index in [-0.39, 0.29) is 0 Å². The van der Waals surface area contributed by atoms with Crippen molar-refractivity contribution in [2.75, 3.05) is 38.3 Å². The van der Waals surface area contributed by atoms with Crippen molar-refractivity contribution in [1.82, 2.24) is 10.3 Å². The van der Waals surface area contributed by atoms with Gasteiger partial charge in [-0.2, -0.15) is 0 Å². The van der Waals surface area contributed by atoms with E-state index in [1.807, 2.05) is 11.3 Å². The van der Waals surface area contributed by atoms with E-state index in [0.717, 1.165) is 43.6 Å². The molecule has 2 aliphatic rings. The molecular weight excluding hydrogens is 274 g/mol. The van der Waals surface area contributed by atoms with E-state index in [0.29, 0.717) is 12.2 Å². The number of aryl methyl sites for hydroxylation is 1. The minimum Gasteiger partial charge on any atom is -0.383 e. The van der Waals surface area contributed by atoms with E-state index in [9.17, 15) is 0 Å². The molecule has 2 unspecified atom stereocenters. The maximum atomic E-state index is 5.89. The van der Waals surface area contributed by atoms with Gasteiger partial charge in [-0.05, 0) is 19.8 Å². The molecule has 6 heteroatoms. The first kappa shape index (κ1) is 14.3. The number of nitrogens with zero attached hydrogens (tertiary/aromatic N) is 2. The average Bonchev–Trinajstić information content (AvgIpc) is 2.98. The van der Waals surface area contributed by atoms with Crippen LogP contribution in [0.5, 0.6) is 0 Å². The second-order valence-electron chi connectivity index (χ2n) is 5.54. The molecule has 5 nitrogen and oxygen atoms in total. The van der Waals surface area contributed by atoms with Gasteiger partial charge in [-0.3, -0.25) is 0 Å². The minimum absolute atomic E-state index is 0.418. The molecule has 2 aliphatic heterocycles. The highest BCUT2D eigenvalue weighted by Crippen LogP contribution is 2.33. The van der Waals surface area contributed by atoms with E-state index in [1.54, 1.807) is 7.11 Å². The van der Waals surface area contributed by atoms with Crippen molar-refractivity contribution < 1.29 is 9.47 Å². The number of fused-ring (bicyclic) bond motifs is 2. The predicted octanol–water partition coefficient (Wildman–Crippen LogP) is 1.56. The molecule has 2 fully saturated rings. The molecule has 0 spiro atoms. The van der Waals surface area contributed by atoms with Crippen molar-refractivity contribution in [2.24, 2.45) is 0 Å². The standard InChI is InChI=1S/C14H23N3O2S/c1-10-13(7-15-5-6-18-2)20-14(16-10)17-8-11-3-4-12(9-17)19-11/h11-12,15H,3-9H2,1-2H3. The van der Waals surface area contributed by atoms with Gasteiger partial charge in [0.25, 0.3) is 0 Å². The van der Waals surface area contributed by atoms with E-state index < -0.39 is 0 Å². The lowest BCUT2D eigenvalue weighted by Gasteiger charge is -2.31. The third-order valence-electron chi connectivity index (χ3n) is 3.96. The summed E-state index contributed by atoms with van der Waals surface area (Å²) in [4.78, 5) is 8.48. The molecule has 3 heterocycles. The smallest absolute Gasteiger partial charge is 0.185 e. The highest BCUT2D eigenvalue weighted by atomic mass is 32.1. The molecule has 0 radical (unpaired) electrons. The molecule has 0 amide bonds. The highest BCUT2D eigenvalue weighted by molar-refractivity contribution is 7.15. The summed E-state index contributed by atoms with van der Waals surface area (Å²) in [5, 5.41) is 4.55. The number of morpholine rings is 1. The molecule has 112 valence electrons. The lowest BCUT2D eigenvalue weighted by molar-refractivity contribution is 0.0305. The number of aromatic nitrogens is 1. The Kier molecular flexibility index (Phi) is 4.55. The van der Waals surface area contributed by atoms with Crippen molar-refractivity contribution in [3.8, 4) is 0 Å². The molecule has 1 aromatic rings. The van der Waals surface area contributed by atoms with Crippen LogP contribution in [0.2, 0.25) is 0 Å². The molecule has 0 aromatic carbocycles. The summed E-state index contributed by atoms with van der Waals surface area (Å²) < 4.78 is 10.9. The molecule has 2 atom stereocenters. The second kappa shape index (κ2) is 6.39. The van der Waals surface area contributed by atoms with Gasteiger partial charge in [0.15, 0.2) is 5.13 Å². The van der Waals surface area contributed by atoms with Gasteiger partial charge in [-0.15, -0.1) is 11.3 Å². The van der Waals surface area contributed by atoms with Gasteiger partial charge < -0.3 is 19.7 Å². The molecule has 3 rings (SSSR count). The fraction of sp³-hybridized carbons (Fsp3) is 0.786. The number of anilines is 1. The lowest BCUT2D eigenvalue weighted by Crippen LogP contribution is -2.42. The normalized spacial score (nSPS) is 25.4. The van der Waals surface area contributed by atoms with E-state index in [1.165, 1.54) is 17.7 Å². The van der Waals surface area contributed by atoms with Gasteiger partial charge in [-0.1, -0.05) is 0 Å². The van der Waals surface area contributed by atoms with Crippen molar-refractivity contribution >= 4 is 16.5 Å². The topological polar surface area (TPSA) is 46.6 Å². The molecule has 20 heavy (non-hydrogen) atoms. The van der Waals surface area contributed by atoms with Gasteiger partial charge in [0, 0.05) is 38.2 Å². The monoisotopic (exact) mass is 297 g/mol. The van der Waals surface area contributed by atoms with Crippen molar-refractivity contribution in [1.29, 1.82) is 0 Å². The molecular formula is C14H23N3O2S. The fourth-order valence-corrected chi connectivity index (χ4v) is 3.91. The van der Waals surface area contributed by atoms with Gasteiger partial charge in [-0.25, -0.2) is 4.98 Å². The van der Waals surface area contributed by atoms with Gasteiger partial charge >= 0.3 is 0 Å². The van der Waals surface area contributed by atoms with Crippen LogP contribution in [0.25, 0.3) is 0 Å². The van der Waals surface area contributed by atoms with Crippen LogP contribution in [0.15, 0.2) is 0 Å². The van der Waals surface area contributed by atoms with Gasteiger partial charge in [0.05, 0.1) is 24.5 Å². The highest BCUT2D eigenvalue weighted by Gasteiger charge is 2.34. The summed E-state index contributed by atoms with van der Waals surface area (Å²) >= 11 is 1.81. The first-order chi connectivity index (χ1) is 9.76. The number of nitrogens with one attached hydrogen (secondary N) is 1. The SMILES string of the molecule is COCCNCc1sc(N2CC3CCC(C2)O3)nc1C. The Labute approximate surface area is 124 Å². The third-order valence-corrected chi connectivity index (χ3v) is 5.18. The Morgan fingerprint density at radius 1 is 1.40 bits per heavy atom. The van der Waals surface area contributed by atoms with E-state index in [4.69, 9.17) is 14.5 Å². The fourth-order valence-electron chi connectivity index (χ4n) is 2.86. The Hall–Kier alpha value is -0.690. The van der Waals surface area contributed by atoms with Crippen LogP contribution in [-0.2, 0) is 16.0 Å². The van der Waals surface area contributed by atoms with Crippen molar-refractivity contribution in [2.45, 2.75) is 38.5 Å².